The second-order valence-electron chi connectivity index (χ2n) is 1.91. The second kappa shape index (κ2) is 30.0. The Bertz CT molecular complexity index is 113. The Hall–Kier alpha value is 3.64. The average molecular weight is 464 g/mol. The first-order chi connectivity index (χ1) is 3.68. The zero-order valence-corrected chi connectivity index (χ0v) is 20.2. The van der Waals surface area contributed by atoms with Gasteiger partial charge in [0.1, 0.15) is 0 Å². The summed E-state index contributed by atoms with van der Waals surface area (Å²) in [6.45, 7) is 3.76. The van der Waals surface area contributed by atoms with Gasteiger partial charge >= 0.3 is 0 Å². The standard InChI is InChI=1S/C4H10O2P2.3CH3.3Y/c1-4(2)8(6)3-7-5;;;;;;/h4,8H,3H2,1-2H3;3*1H3;;;/q;3*-1;;;. The van der Waals surface area contributed by atoms with E-state index in [1.54, 1.807) is 0 Å². The molecule has 1 atom stereocenters. The van der Waals surface area contributed by atoms with Crippen LogP contribution in [0.15, 0.2) is 0 Å². The molecule has 2 nitrogen and oxygen atoms in total. The third-order valence-corrected chi connectivity index (χ3v) is 3.92. The van der Waals surface area contributed by atoms with Crippen LogP contribution in [0.3, 0.4) is 0 Å². The molecule has 0 aliphatic rings. The largest absolute Gasteiger partial charge is 0.358 e. The van der Waals surface area contributed by atoms with Crippen LogP contribution >= 0.6 is 16.3 Å². The van der Waals surface area contributed by atoms with Crippen molar-refractivity contribution in [2.75, 3.05) is 5.90 Å². The Kier molecular flexibility index (Phi) is 92.6. The summed E-state index contributed by atoms with van der Waals surface area (Å²) in [4.78, 5) is 0. The molecule has 0 aromatic rings. The van der Waals surface area contributed by atoms with Gasteiger partial charge in [-0.25, -0.2) is 0 Å². The molecule has 0 fully saturated rings. The van der Waals surface area contributed by atoms with E-state index < -0.39 is 7.80 Å². The molecule has 3 radical (unpaired) electrons. The van der Waals surface area contributed by atoms with Crippen molar-refractivity contribution in [3.63, 3.8) is 0 Å². The minimum absolute atomic E-state index is 0. The van der Waals surface area contributed by atoms with Crippen LogP contribution < -0.4 is 0 Å². The van der Waals surface area contributed by atoms with E-state index in [2.05, 4.69) is 0 Å². The first-order valence-electron chi connectivity index (χ1n) is 2.50. The van der Waals surface area contributed by atoms with Crippen molar-refractivity contribution in [3.8, 4) is 0 Å². The molecule has 0 aliphatic carbocycles. The SMILES string of the molecule is CC(C)[PH](=O)CP=O.[CH3-].[CH3-].[CH3-].[Y].[Y].[Y]. The summed E-state index contributed by atoms with van der Waals surface area (Å²) < 4.78 is 20.6. The fourth-order valence-electron chi connectivity index (χ4n) is 0.246. The summed E-state index contributed by atoms with van der Waals surface area (Å²) in [6, 6.07) is 0. The maximum Gasteiger partial charge on any atom is 0.162 e. The van der Waals surface area contributed by atoms with Crippen LogP contribution in [0.1, 0.15) is 13.8 Å². The molecule has 0 spiro atoms. The molecule has 1 unspecified atom stereocenters. The van der Waals surface area contributed by atoms with Gasteiger partial charge in [-0.2, -0.15) is 0 Å². The van der Waals surface area contributed by atoms with Gasteiger partial charge in [0.15, 0.2) is 8.46 Å². The summed E-state index contributed by atoms with van der Waals surface area (Å²) in [6.07, 6.45) is 0. The number of hydrogen-bond donors (Lipinski definition) is 0. The van der Waals surface area contributed by atoms with Crippen molar-refractivity contribution in [3.05, 3.63) is 22.3 Å². The smallest absolute Gasteiger partial charge is 0.162 e. The summed E-state index contributed by atoms with van der Waals surface area (Å²) in [5, 5.41) is 0. The summed E-state index contributed by atoms with van der Waals surface area (Å²) >= 11 is 0. The summed E-state index contributed by atoms with van der Waals surface area (Å²) in [5.41, 5.74) is 0.210. The van der Waals surface area contributed by atoms with Crippen molar-refractivity contribution in [2.24, 2.45) is 0 Å². The first-order valence-corrected chi connectivity index (χ1v) is 5.19. The van der Waals surface area contributed by atoms with Gasteiger partial charge in [0.05, 0.1) is 13.7 Å². The molecule has 0 aliphatic heterocycles. The Balaban J connectivity index is -0.0000000163. The molecule has 0 amide bonds. The van der Waals surface area contributed by atoms with E-state index in [1.807, 2.05) is 13.8 Å². The van der Waals surface area contributed by atoms with Gasteiger partial charge in [0.2, 0.25) is 0 Å². The van der Waals surface area contributed by atoms with E-state index in [4.69, 9.17) is 0 Å². The van der Waals surface area contributed by atoms with Gasteiger partial charge in [-0.3, -0.25) is 4.57 Å². The molecule has 0 N–H and O–H groups in total. The molecular weight excluding hydrogens is 445 g/mol. The van der Waals surface area contributed by atoms with Crippen molar-refractivity contribution < 1.29 is 107 Å². The molecule has 0 saturated heterocycles. The molecule has 0 rings (SSSR count). The molecule has 0 bridgehead atoms. The van der Waals surface area contributed by atoms with E-state index in [0.717, 1.165) is 0 Å². The Morgan fingerprint density at radius 1 is 1.07 bits per heavy atom. The van der Waals surface area contributed by atoms with E-state index in [9.17, 15) is 9.13 Å². The minimum Gasteiger partial charge on any atom is -0.358 e. The molecule has 0 saturated carbocycles. The van der Waals surface area contributed by atoms with Crippen LogP contribution in [0, 0.1) is 22.3 Å². The molecule has 0 aromatic carbocycles. The average Bonchev–Trinajstić information content (AvgIpc) is 1.67. The fourth-order valence-corrected chi connectivity index (χ4v) is 2.22. The molecular formula is C7H19O2P2Y3-3. The van der Waals surface area contributed by atoms with Gasteiger partial charge in [-0.1, -0.05) is 13.8 Å². The molecule has 81 valence electrons. The minimum atomic E-state index is -1.53. The quantitative estimate of drug-likeness (QED) is 0.474. The van der Waals surface area contributed by atoms with Crippen LogP contribution in [0.25, 0.3) is 0 Å². The van der Waals surface area contributed by atoms with E-state index in [0.29, 0.717) is 5.90 Å². The molecule has 0 heterocycles. The van der Waals surface area contributed by atoms with Crippen LogP contribution in [-0.2, 0) is 107 Å². The third-order valence-electron chi connectivity index (χ3n) is 0.864. The van der Waals surface area contributed by atoms with Gasteiger partial charge in [-0.15, -0.1) is 0 Å². The van der Waals surface area contributed by atoms with Gasteiger partial charge in [0, 0.05) is 104 Å². The number of rotatable bonds is 3. The topological polar surface area (TPSA) is 34.1 Å². The van der Waals surface area contributed by atoms with Gasteiger partial charge < -0.3 is 26.8 Å². The van der Waals surface area contributed by atoms with E-state index in [-0.39, 0.29) is 135 Å². The molecule has 7 heteroatoms. The predicted octanol–water partition coefficient (Wildman–Crippen LogP) is 3.55. The summed E-state index contributed by atoms with van der Waals surface area (Å²) in [7, 11) is -1.52. The zero-order chi connectivity index (χ0) is 6.57. The van der Waals surface area contributed by atoms with Crippen molar-refractivity contribution in [1.29, 1.82) is 0 Å². The monoisotopic (exact) mass is 464 g/mol. The maximum atomic E-state index is 10.7. The van der Waals surface area contributed by atoms with Crippen LogP contribution in [0.5, 0.6) is 0 Å². The Morgan fingerprint density at radius 3 is 1.43 bits per heavy atom. The summed E-state index contributed by atoms with van der Waals surface area (Å²) in [5.74, 6) is 0.350. The second-order valence-corrected chi connectivity index (χ2v) is 5.52. The molecule has 14 heavy (non-hydrogen) atoms. The van der Waals surface area contributed by atoms with Gasteiger partial charge in [-0.05, 0) is 0 Å². The van der Waals surface area contributed by atoms with Crippen LogP contribution in [0.2, 0.25) is 0 Å². The molecule has 0 aromatic heterocycles. The maximum absolute atomic E-state index is 10.7. The van der Waals surface area contributed by atoms with Gasteiger partial charge in [0.25, 0.3) is 0 Å². The Labute approximate surface area is 168 Å². The van der Waals surface area contributed by atoms with Crippen LogP contribution in [0.4, 0.5) is 0 Å². The fraction of sp³-hybridized carbons (Fsp3) is 0.571. The Morgan fingerprint density at radius 2 is 1.36 bits per heavy atom. The van der Waals surface area contributed by atoms with Crippen molar-refractivity contribution >= 4 is 16.3 Å². The normalized spacial score (nSPS) is 8.50. The van der Waals surface area contributed by atoms with Crippen molar-refractivity contribution in [1.82, 2.24) is 0 Å². The van der Waals surface area contributed by atoms with E-state index in [1.165, 1.54) is 0 Å². The first kappa shape index (κ1) is 43.1. The third kappa shape index (κ3) is 29.6. The van der Waals surface area contributed by atoms with E-state index >= 15 is 0 Å². The van der Waals surface area contributed by atoms with Crippen molar-refractivity contribution in [2.45, 2.75) is 19.5 Å². The number of hydrogen-bond acceptors (Lipinski definition) is 2. The van der Waals surface area contributed by atoms with Crippen LogP contribution in [-0.4, -0.2) is 11.6 Å². The predicted molar refractivity (Wildman–Crippen MR) is 55.9 cm³/mol. The zero-order valence-electron chi connectivity index (χ0n) is 9.78.